The summed E-state index contributed by atoms with van der Waals surface area (Å²) >= 11 is 0. The molecule has 0 aromatic heterocycles. The van der Waals surface area contributed by atoms with Gasteiger partial charge in [0.1, 0.15) is 12.4 Å². The lowest BCUT2D eigenvalue weighted by Crippen LogP contribution is -2.30. The second-order valence-electron chi connectivity index (χ2n) is 8.55. The highest BCUT2D eigenvalue weighted by Crippen LogP contribution is 2.25. The molecular formula is C28H31NO4. The quantitative estimate of drug-likeness (QED) is 0.391. The SMILES string of the molecule is CC(C)CC(NC(=O)c1cc(OCc2ccccc2)ccc1CCC(=O)O)c1ccccc1. The van der Waals surface area contributed by atoms with Crippen molar-refractivity contribution in [3.8, 4) is 5.75 Å². The van der Waals surface area contributed by atoms with Crippen molar-refractivity contribution in [3.63, 3.8) is 0 Å². The molecule has 5 nitrogen and oxygen atoms in total. The topological polar surface area (TPSA) is 75.6 Å². The molecule has 0 spiro atoms. The molecule has 1 unspecified atom stereocenters. The highest BCUT2D eigenvalue weighted by molar-refractivity contribution is 5.96. The number of carbonyl (C=O) groups is 2. The van der Waals surface area contributed by atoms with E-state index in [0.717, 1.165) is 17.5 Å². The summed E-state index contributed by atoms with van der Waals surface area (Å²) in [6.45, 7) is 4.63. The number of benzene rings is 3. The minimum Gasteiger partial charge on any atom is -0.489 e. The Bertz CT molecular complexity index is 1050. The minimum atomic E-state index is -0.896. The maximum absolute atomic E-state index is 13.4. The number of carboxylic acid groups (broad SMARTS) is 1. The fraction of sp³-hybridized carbons (Fsp3) is 0.286. The molecule has 1 atom stereocenters. The van der Waals surface area contributed by atoms with Crippen LogP contribution in [-0.4, -0.2) is 17.0 Å². The van der Waals surface area contributed by atoms with E-state index in [-0.39, 0.29) is 24.8 Å². The molecule has 0 saturated heterocycles. The summed E-state index contributed by atoms with van der Waals surface area (Å²) in [5.41, 5.74) is 3.22. The van der Waals surface area contributed by atoms with Crippen molar-refractivity contribution in [2.45, 2.75) is 45.8 Å². The Balaban J connectivity index is 1.84. The summed E-state index contributed by atoms with van der Waals surface area (Å²) in [5.74, 6) is -0.159. The summed E-state index contributed by atoms with van der Waals surface area (Å²) in [7, 11) is 0. The molecular weight excluding hydrogens is 414 g/mol. The van der Waals surface area contributed by atoms with Crippen molar-refractivity contribution in [1.82, 2.24) is 5.32 Å². The Hall–Kier alpha value is -3.60. The fourth-order valence-electron chi connectivity index (χ4n) is 3.73. The fourth-order valence-corrected chi connectivity index (χ4v) is 3.73. The van der Waals surface area contributed by atoms with Gasteiger partial charge in [-0.25, -0.2) is 0 Å². The van der Waals surface area contributed by atoms with Gasteiger partial charge in [0.2, 0.25) is 0 Å². The molecule has 33 heavy (non-hydrogen) atoms. The second-order valence-corrected chi connectivity index (χ2v) is 8.55. The predicted octanol–water partition coefficient (Wildman–Crippen LogP) is 5.80. The molecule has 0 bridgehead atoms. The average Bonchev–Trinajstić information content (AvgIpc) is 2.82. The third kappa shape index (κ3) is 7.49. The van der Waals surface area contributed by atoms with Crippen LogP contribution >= 0.6 is 0 Å². The standard InChI is InChI=1S/C28H31NO4/c1-20(2)17-26(23-11-7-4-8-12-23)29-28(32)25-18-24(15-13-22(25)14-16-27(30)31)33-19-21-9-5-3-6-10-21/h3-13,15,18,20,26H,14,16-17,19H2,1-2H3,(H,29,32)(H,30,31). The Morgan fingerprint density at radius 3 is 2.24 bits per heavy atom. The van der Waals surface area contributed by atoms with E-state index < -0.39 is 5.97 Å². The smallest absolute Gasteiger partial charge is 0.303 e. The second kappa shape index (κ2) is 11.9. The molecule has 0 saturated carbocycles. The van der Waals surface area contributed by atoms with Gasteiger partial charge in [-0.2, -0.15) is 0 Å². The zero-order chi connectivity index (χ0) is 23.6. The minimum absolute atomic E-state index is 0.0430. The van der Waals surface area contributed by atoms with Crippen LogP contribution < -0.4 is 10.1 Å². The van der Waals surface area contributed by atoms with E-state index in [1.54, 1.807) is 18.2 Å². The lowest BCUT2D eigenvalue weighted by Gasteiger charge is -2.22. The molecule has 3 aromatic carbocycles. The van der Waals surface area contributed by atoms with Gasteiger partial charge in [-0.1, -0.05) is 80.6 Å². The van der Waals surface area contributed by atoms with Crippen LogP contribution in [0.2, 0.25) is 0 Å². The first-order valence-corrected chi connectivity index (χ1v) is 11.3. The van der Waals surface area contributed by atoms with Gasteiger partial charge >= 0.3 is 5.97 Å². The van der Waals surface area contributed by atoms with Crippen LogP contribution in [0.1, 0.15) is 59.8 Å². The monoisotopic (exact) mass is 445 g/mol. The zero-order valence-corrected chi connectivity index (χ0v) is 19.2. The summed E-state index contributed by atoms with van der Waals surface area (Å²) in [5, 5.41) is 12.3. The molecule has 172 valence electrons. The Labute approximate surface area is 195 Å². The third-order valence-corrected chi connectivity index (χ3v) is 5.40. The van der Waals surface area contributed by atoms with Crippen molar-refractivity contribution < 1.29 is 19.4 Å². The van der Waals surface area contributed by atoms with Crippen LogP contribution in [0.25, 0.3) is 0 Å². The molecule has 3 rings (SSSR count). The van der Waals surface area contributed by atoms with E-state index >= 15 is 0 Å². The largest absolute Gasteiger partial charge is 0.489 e. The van der Waals surface area contributed by atoms with Crippen molar-refractivity contribution in [2.24, 2.45) is 5.92 Å². The summed E-state index contributed by atoms with van der Waals surface area (Å²) in [6.07, 6.45) is 1.03. The van der Waals surface area contributed by atoms with Gasteiger partial charge in [0.05, 0.1) is 6.04 Å². The van der Waals surface area contributed by atoms with E-state index in [1.165, 1.54) is 0 Å². The van der Waals surface area contributed by atoms with Crippen LogP contribution in [-0.2, 0) is 17.8 Å². The number of ether oxygens (including phenoxy) is 1. The number of hydrogen-bond acceptors (Lipinski definition) is 3. The number of nitrogens with one attached hydrogen (secondary N) is 1. The van der Waals surface area contributed by atoms with Gasteiger partial charge in [-0.15, -0.1) is 0 Å². The third-order valence-electron chi connectivity index (χ3n) is 5.40. The van der Waals surface area contributed by atoms with E-state index in [4.69, 9.17) is 9.84 Å². The van der Waals surface area contributed by atoms with Crippen LogP contribution in [0.4, 0.5) is 0 Å². The van der Waals surface area contributed by atoms with Gasteiger partial charge in [0, 0.05) is 12.0 Å². The first-order valence-electron chi connectivity index (χ1n) is 11.3. The molecule has 3 aromatic rings. The summed E-state index contributed by atoms with van der Waals surface area (Å²) in [4.78, 5) is 24.5. The van der Waals surface area contributed by atoms with Gasteiger partial charge in [0.25, 0.3) is 5.91 Å². The van der Waals surface area contributed by atoms with E-state index in [0.29, 0.717) is 29.4 Å². The van der Waals surface area contributed by atoms with Crippen molar-refractivity contribution >= 4 is 11.9 Å². The number of carboxylic acids is 1. The van der Waals surface area contributed by atoms with Gasteiger partial charge in [0.15, 0.2) is 0 Å². The number of aliphatic carboxylic acids is 1. The molecule has 0 aliphatic heterocycles. The normalized spacial score (nSPS) is 11.7. The van der Waals surface area contributed by atoms with Crippen molar-refractivity contribution in [3.05, 3.63) is 101 Å². The highest BCUT2D eigenvalue weighted by atomic mass is 16.5. The van der Waals surface area contributed by atoms with Crippen molar-refractivity contribution in [1.29, 1.82) is 0 Å². The molecule has 0 radical (unpaired) electrons. The lowest BCUT2D eigenvalue weighted by atomic mass is 9.95. The molecule has 5 heteroatoms. The van der Waals surface area contributed by atoms with Crippen LogP contribution in [0.5, 0.6) is 5.75 Å². The lowest BCUT2D eigenvalue weighted by molar-refractivity contribution is -0.136. The van der Waals surface area contributed by atoms with Crippen LogP contribution in [0.15, 0.2) is 78.9 Å². The number of carbonyl (C=O) groups excluding carboxylic acids is 1. The number of amides is 1. The summed E-state index contributed by atoms with van der Waals surface area (Å²) in [6, 6.07) is 24.9. The first-order chi connectivity index (χ1) is 15.9. The number of hydrogen-bond donors (Lipinski definition) is 2. The average molecular weight is 446 g/mol. The van der Waals surface area contributed by atoms with Crippen LogP contribution in [0, 0.1) is 5.92 Å². The van der Waals surface area contributed by atoms with E-state index in [1.807, 2.05) is 60.7 Å². The molecule has 0 fully saturated rings. The number of aryl methyl sites for hydroxylation is 1. The van der Waals surface area contributed by atoms with E-state index in [9.17, 15) is 9.59 Å². The molecule has 0 aliphatic rings. The molecule has 2 N–H and O–H groups in total. The number of rotatable bonds is 11. The zero-order valence-electron chi connectivity index (χ0n) is 19.2. The summed E-state index contributed by atoms with van der Waals surface area (Å²) < 4.78 is 5.92. The Kier molecular flexibility index (Phi) is 8.64. The molecule has 0 heterocycles. The van der Waals surface area contributed by atoms with Crippen molar-refractivity contribution in [2.75, 3.05) is 0 Å². The van der Waals surface area contributed by atoms with Crippen LogP contribution in [0.3, 0.4) is 0 Å². The maximum atomic E-state index is 13.4. The van der Waals surface area contributed by atoms with Gasteiger partial charge < -0.3 is 15.2 Å². The molecule has 1 amide bonds. The van der Waals surface area contributed by atoms with E-state index in [2.05, 4.69) is 19.2 Å². The highest BCUT2D eigenvalue weighted by Gasteiger charge is 2.20. The Morgan fingerprint density at radius 2 is 1.61 bits per heavy atom. The Morgan fingerprint density at radius 1 is 0.939 bits per heavy atom. The molecule has 0 aliphatic carbocycles. The first kappa shape index (κ1) is 24.1. The van der Waals surface area contributed by atoms with Gasteiger partial charge in [-0.3, -0.25) is 9.59 Å². The van der Waals surface area contributed by atoms with Gasteiger partial charge in [-0.05, 0) is 47.6 Å². The predicted molar refractivity (Wildman–Crippen MR) is 129 cm³/mol. The maximum Gasteiger partial charge on any atom is 0.303 e.